The van der Waals surface area contributed by atoms with Crippen molar-refractivity contribution in [1.29, 1.82) is 5.26 Å². The van der Waals surface area contributed by atoms with E-state index in [1.54, 1.807) is 7.11 Å². The molecule has 0 saturated carbocycles. The van der Waals surface area contributed by atoms with Gasteiger partial charge < -0.3 is 14.8 Å². The summed E-state index contributed by atoms with van der Waals surface area (Å²) in [6.07, 6.45) is 2.47. The number of hydrogen-bond acceptors (Lipinski definition) is 4. The molecule has 0 saturated heterocycles. The molecule has 0 aliphatic rings. The van der Waals surface area contributed by atoms with Crippen LogP contribution in [-0.2, 0) is 11.3 Å². The second-order valence-electron chi connectivity index (χ2n) is 4.95. The second-order valence-corrected chi connectivity index (χ2v) is 4.95. The monoisotopic (exact) mass is 276 g/mol. The Labute approximate surface area is 121 Å². The lowest BCUT2D eigenvalue weighted by molar-refractivity contribution is 0.0760. The maximum Gasteiger partial charge on any atom is 0.136 e. The number of benzene rings is 1. The first-order valence-electron chi connectivity index (χ1n) is 7.06. The number of unbranched alkanes of at least 4 members (excludes halogenated alkanes) is 1. The molecule has 110 valence electrons. The highest BCUT2D eigenvalue weighted by atomic mass is 16.5. The molecule has 0 aromatic heterocycles. The zero-order valence-corrected chi connectivity index (χ0v) is 12.6. The molecule has 0 amide bonds. The molecule has 0 aliphatic carbocycles. The van der Waals surface area contributed by atoms with Crippen molar-refractivity contribution in [2.75, 3.05) is 20.3 Å². The van der Waals surface area contributed by atoms with Crippen LogP contribution in [-0.4, -0.2) is 26.4 Å². The van der Waals surface area contributed by atoms with Gasteiger partial charge in [-0.3, -0.25) is 0 Å². The highest BCUT2D eigenvalue weighted by Gasteiger charge is 2.03. The predicted octanol–water partition coefficient (Wildman–Crippen LogP) is 2.86. The minimum absolute atomic E-state index is 0.312. The van der Waals surface area contributed by atoms with Gasteiger partial charge in [-0.05, 0) is 50.9 Å². The summed E-state index contributed by atoms with van der Waals surface area (Å²) in [6.45, 7) is 6.64. The first kappa shape index (κ1) is 16.5. The Kier molecular flexibility index (Phi) is 7.71. The van der Waals surface area contributed by atoms with E-state index in [9.17, 15) is 0 Å². The molecule has 0 aliphatic heterocycles. The molecule has 0 bridgehead atoms. The quantitative estimate of drug-likeness (QED) is 0.705. The molecule has 1 aromatic carbocycles. The van der Waals surface area contributed by atoms with E-state index in [0.717, 1.165) is 38.1 Å². The van der Waals surface area contributed by atoms with Crippen molar-refractivity contribution in [2.24, 2.45) is 0 Å². The van der Waals surface area contributed by atoms with Crippen molar-refractivity contribution in [3.05, 3.63) is 29.3 Å². The van der Waals surface area contributed by atoms with Crippen LogP contribution >= 0.6 is 0 Å². The Bertz CT molecular complexity index is 439. The van der Waals surface area contributed by atoms with Gasteiger partial charge in [-0.25, -0.2) is 0 Å². The summed E-state index contributed by atoms with van der Waals surface area (Å²) in [5.41, 5.74) is 1.68. The predicted molar refractivity (Wildman–Crippen MR) is 79.7 cm³/mol. The largest absolute Gasteiger partial charge is 0.495 e. The third-order valence-electron chi connectivity index (χ3n) is 2.91. The third kappa shape index (κ3) is 6.05. The van der Waals surface area contributed by atoms with Gasteiger partial charge in [-0.15, -0.1) is 0 Å². The average molecular weight is 276 g/mol. The summed E-state index contributed by atoms with van der Waals surface area (Å²) in [7, 11) is 1.58. The minimum atomic E-state index is 0.312. The van der Waals surface area contributed by atoms with Gasteiger partial charge in [0.2, 0.25) is 0 Å². The van der Waals surface area contributed by atoms with E-state index in [2.05, 4.69) is 25.2 Å². The summed E-state index contributed by atoms with van der Waals surface area (Å²) in [5, 5.41) is 12.4. The third-order valence-corrected chi connectivity index (χ3v) is 2.91. The fourth-order valence-corrected chi connectivity index (χ4v) is 1.86. The van der Waals surface area contributed by atoms with E-state index in [1.807, 2.05) is 18.2 Å². The van der Waals surface area contributed by atoms with Crippen LogP contribution < -0.4 is 10.1 Å². The molecule has 1 aromatic rings. The van der Waals surface area contributed by atoms with E-state index in [-0.39, 0.29) is 0 Å². The lowest BCUT2D eigenvalue weighted by Gasteiger charge is -2.09. The fraction of sp³-hybridized carbons (Fsp3) is 0.562. The lowest BCUT2D eigenvalue weighted by Crippen LogP contribution is -2.15. The maximum atomic E-state index is 9.02. The fourth-order valence-electron chi connectivity index (χ4n) is 1.86. The Balaban J connectivity index is 2.24. The van der Waals surface area contributed by atoms with Crippen LogP contribution in [0.3, 0.4) is 0 Å². The first-order chi connectivity index (χ1) is 9.67. The van der Waals surface area contributed by atoms with E-state index >= 15 is 0 Å². The molecule has 0 atom stereocenters. The maximum absolute atomic E-state index is 9.02. The van der Waals surface area contributed by atoms with Crippen molar-refractivity contribution >= 4 is 0 Å². The van der Waals surface area contributed by atoms with Gasteiger partial charge in [-0.2, -0.15) is 5.26 Å². The number of nitriles is 1. The second kappa shape index (κ2) is 9.35. The highest BCUT2D eigenvalue weighted by molar-refractivity contribution is 5.45. The van der Waals surface area contributed by atoms with Crippen LogP contribution in [0.5, 0.6) is 5.75 Å². The van der Waals surface area contributed by atoms with Crippen LogP contribution in [0.1, 0.15) is 37.8 Å². The van der Waals surface area contributed by atoms with E-state index < -0.39 is 0 Å². The normalized spacial score (nSPS) is 10.6. The van der Waals surface area contributed by atoms with Gasteiger partial charge in [0.05, 0.1) is 18.8 Å². The van der Waals surface area contributed by atoms with E-state index in [1.165, 1.54) is 0 Å². The Morgan fingerprint density at radius 2 is 2.10 bits per heavy atom. The zero-order chi connectivity index (χ0) is 14.8. The Morgan fingerprint density at radius 3 is 2.75 bits per heavy atom. The van der Waals surface area contributed by atoms with Crippen LogP contribution in [0.2, 0.25) is 0 Å². The number of nitrogens with one attached hydrogen (secondary N) is 1. The van der Waals surface area contributed by atoms with E-state index in [0.29, 0.717) is 17.4 Å². The van der Waals surface area contributed by atoms with Gasteiger partial charge in [0, 0.05) is 13.2 Å². The lowest BCUT2D eigenvalue weighted by atomic mass is 10.1. The topological polar surface area (TPSA) is 54.3 Å². The molecule has 1 rings (SSSR count). The number of ether oxygens (including phenoxy) is 2. The molecule has 0 heterocycles. The summed E-state index contributed by atoms with van der Waals surface area (Å²) >= 11 is 0. The Morgan fingerprint density at radius 1 is 1.30 bits per heavy atom. The van der Waals surface area contributed by atoms with Gasteiger partial charge >= 0.3 is 0 Å². The molecule has 4 heteroatoms. The van der Waals surface area contributed by atoms with Crippen molar-refractivity contribution in [1.82, 2.24) is 5.32 Å². The zero-order valence-electron chi connectivity index (χ0n) is 12.6. The molecule has 0 radical (unpaired) electrons. The van der Waals surface area contributed by atoms with Crippen molar-refractivity contribution in [2.45, 2.75) is 39.3 Å². The van der Waals surface area contributed by atoms with Crippen LogP contribution in [0.15, 0.2) is 18.2 Å². The molecule has 0 fully saturated rings. The summed E-state index contributed by atoms with van der Waals surface area (Å²) in [4.78, 5) is 0. The van der Waals surface area contributed by atoms with Crippen LogP contribution in [0.4, 0.5) is 0 Å². The van der Waals surface area contributed by atoms with Gasteiger partial charge in [0.1, 0.15) is 11.8 Å². The number of methoxy groups -OCH3 is 1. The highest BCUT2D eigenvalue weighted by Crippen LogP contribution is 2.18. The van der Waals surface area contributed by atoms with Gasteiger partial charge in [-0.1, -0.05) is 6.07 Å². The number of hydrogen-bond donors (Lipinski definition) is 1. The number of nitrogens with zero attached hydrogens (tertiary/aromatic N) is 1. The molecule has 0 unspecified atom stereocenters. The molecule has 1 N–H and O–H groups in total. The molecular weight excluding hydrogens is 252 g/mol. The molecule has 4 nitrogen and oxygen atoms in total. The first-order valence-corrected chi connectivity index (χ1v) is 7.06. The molecule has 20 heavy (non-hydrogen) atoms. The summed E-state index contributed by atoms with van der Waals surface area (Å²) < 4.78 is 10.6. The minimum Gasteiger partial charge on any atom is -0.495 e. The number of rotatable bonds is 9. The summed E-state index contributed by atoms with van der Waals surface area (Å²) in [6, 6.07) is 7.84. The van der Waals surface area contributed by atoms with Crippen molar-refractivity contribution < 1.29 is 9.47 Å². The standard InChI is InChI=1S/C16H24N2O2/c1-13(2)20-9-5-4-8-18-12-14-6-7-16(19-3)15(10-14)11-17/h6-7,10,13,18H,4-5,8-9,12H2,1-3H3. The average Bonchev–Trinajstić information content (AvgIpc) is 2.45. The van der Waals surface area contributed by atoms with Gasteiger partial charge in [0.25, 0.3) is 0 Å². The van der Waals surface area contributed by atoms with Crippen LogP contribution in [0, 0.1) is 11.3 Å². The van der Waals surface area contributed by atoms with E-state index in [4.69, 9.17) is 14.7 Å². The van der Waals surface area contributed by atoms with Gasteiger partial charge in [0.15, 0.2) is 0 Å². The molecule has 0 spiro atoms. The SMILES string of the molecule is COc1ccc(CNCCCCOC(C)C)cc1C#N. The van der Waals surface area contributed by atoms with Crippen molar-refractivity contribution in [3.8, 4) is 11.8 Å². The summed E-state index contributed by atoms with van der Waals surface area (Å²) in [5.74, 6) is 0.627. The van der Waals surface area contributed by atoms with Crippen molar-refractivity contribution in [3.63, 3.8) is 0 Å². The van der Waals surface area contributed by atoms with Crippen LogP contribution in [0.25, 0.3) is 0 Å². The smallest absolute Gasteiger partial charge is 0.136 e. The molecular formula is C16H24N2O2. The Hall–Kier alpha value is -1.57.